The van der Waals surface area contributed by atoms with Gasteiger partial charge in [0.05, 0.1) is 4.92 Å². The van der Waals surface area contributed by atoms with Crippen molar-refractivity contribution >= 4 is 23.3 Å². The number of anilines is 1. The largest absolute Gasteiger partial charge is 0.481 e. The maximum Gasteiger partial charge on any atom is 0.304 e. The molecule has 19 heavy (non-hydrogen) atoms. The maximum absolute atomic E-state index is 13.2. The minimum absolute atomic E-state index is 0.0229. The van der Waals surface area contributed by atoms with Crippen molar-refractivity contribution in [3.05, 3.63) is 34.1 Å². The van der Waals surface area contributed by atoms with Gasteiger partial charge in [0.25, 0.3) is 0 Å². The number of carbonyl (C=O) groups excluding carboxylic acids is 1. The van der Waals surface area contributed by atoms with Gasteiger partial charge in [0.2, 0.25) is 11.7 Å². The van der Waals surface area contributed by atoms with Gasteiger partial charge in [-0.25, -0.2) is 0 Å². The van der Waals surface area contributed by atoms with E-state index in [-0.39, 0.29) is 24.9 Å². The third kappa shape index (κ3) is 4.70. The van der Waals surface area contributed by atoms with Crippen LogP contribution in [0.15, 0.2) is 18.2 Å². The summed E-state index contributed by atoms with van der Waals surface area (Å²) in [6.45, 7) is 0. The second kappa shape index (κ2) is 6.43. The first-order valence-electron chi connectivity index (χ1n) is 5.35. The van der Waals surface area contributed by atoms with Gasteiger partial charge in [0.1, 0.15) is 0 Å². The number of nitro groups is 1. The molecule has 0 bridgehead atoms. The van der Waals surface area contributed by atoms with Crippen molar-refractivity contribution in [2.24, 2.45) is 0 Å². The second-order valence-corrected chi connectivity index (χ2v) is 3.72. The average Bonchev–Trinajstić information content (AvgIpc) is 2.27. The van der Waals surface area contributed by atoms with Gasteiger partial charge < -0.3 is 10.4 Å². The standard InChI is InChI=1S/C11H11FN2O5/c12-8-6-7(4-5-9(8)14(18)19)13-10(15)2-1-3-11(16)17/h4-6H,1-3H2,(H,13,15)(H,16,17). The molecule has 102 valence electrons. The van der Waals surface area contributed by atoms with Crippen molar-refractivity contribution in [1.82, 2.24) is 0 Å². The van der Waals surface area contributed by atoms with Gasteiger partial charge in [0.15, 0.2) is 0 Å². The van der Waals surface area contributed by atoms with Crippen LogP contribution < -0.4 is 5.32 Å². The number of carboxylic acids is 1. The monoisotopic (exact) mass is 270 g/mol. The predicted molar refractivity (Wildman–Crippen MR) is 63.2 cm³/mol. The van der Waals surface area contributed by atoms with E-state index in [0.717, 1.165) is 12.1 Å². The molecule has 0 aliphatic heterocycles. The summed E-state index contributed by atoms with van der Waals surface area (Å²) in [5.41, 5.74) is -0.590. The topological polar surface area (TPSA) is 110 Å². The number of nitrogens with zero attached hydrogens (tertiary/aromatic N) is 1. The maximum atomic E-state index is 13.2. The second-order valence-electron chi connectivity index (χ2n) is 3.72. The summed E-state index contributed by atoms with van der Waals surface area (Å²) in [5, 5.41) is 21.1. The Morgan fingerprint density at radius 2 is 2.05 bits per heavy atom. The summed E-state index contributed by atoms with van der Waals surface area (Å²) >= 11 is 0. The van der Waals surface area contributed by atoms with E-state index in [1.165, 1.54) is 6.07 Å². The van der Waals surface area contributed by atoms with Gasteiger partial charge in [-0.2, -0.15) is 4.39 Å². The number of benzene rings is 1. The molecule has 0 fully saturated rings. The molecular formula is C11H11FN2O5. The third-order valence-electron chi connectivity index (χ3n) is 2.22. The lowest BCUT2D eigenvalue weighted by Gasteiger charge is -2.04. The van der Waals surface area contributed by atoms with E-state index < -0.39 is 28.3 Å². The van der Waals surface area contributed by atoms with Crippen LogP contribution >= 0.6 is 0 Å². The molecule has 0 unspecified atom stereocenters. The van der Waals surface area contributed by atoms with Gasteiger partial charge in [0, 0.05) is 30.7 Å². The fourth-order valence-electron chi connectivity index (χ4n) is 1.36. The molecule has 0 atom stereocenters. The van der Waals surface area contributed by atoms with Crippen molar-refractivity contribution in [3.63, 3.8) is 0 Å². The first-order chi connectivity index (χ1) is 8.90. The predicted octanol–water partition coefficient (Wildman–Crippen LogP) is 1.93. The molecule has 0 saturated heterocycles. The van der Waals surface area contributed by atoms with Gasteiger partial charge >= 0.3 is 11.7 Å². The van der Waals surface area contributed by atoms with Crippen molar-refractivity contribution in [1.29, 1.82) is 0 Å². The van der Waals surface area contributed by atoms with Crippen molar-refractivity contribution in [2.75, 3.05) is 5.32 Å². The molecule has 0 spiro atoms. The summed E-state index contributed by atoms with van der Waals surface area (Å²) in [4.78, 5) is 31.1. The third-order valence-corrected chi connectivity index (χ3v) is 2.22. The normalized spacial score (nSPS) is 9.95. The van der Waals surface area contributed by atoms with Crippen molar-refractivity contribution < 1.29 is 24.0 Å². The van der Waals surface area contributed by atoms with Gasteiger partial charge in [-0.1, -0.05) is 0 Å². The Morgan fingerprint density at radius 1 is 1.37 bits per heavy atom. The van der Waals surface area contributed by atoms with Crippen molar-refractivity contribution in [2.45, 2.75) is 19.3 Å². The van der Waals surface area contributed by atoms with E-state index in [1.54, 1.807) is 0 Å². The Labute approximate surface area is 107 Å². The SMILES string of the molecule is O=C(O)CCCC(=O)Nc1ccc([N+](=O)[O-])c(F)c1. The molecule has 0 heterocycles. The quantitative estimate of drug-likeness (QED) is 0.606. The molecule has 1 rings (SSSR count). The Kier molecular flexibility index (Phi) is 4.92. The summed E-state index contributed by atoms with van der Waals surface area (Å²) in [6.07, 6.45) is 0.00355. The van der Waals surface area contributed by atoms with Crippen LogP contribution in [0.5, 0.6) is 0 Å². The van der Waals surface area contributed by atoms with Crippen LogP contribution in [0, 0.1) is 15.9 Å². The number of hydrogen-bond donors (Lipinski definition) is 2. The Hall–Kier alpha value is -2.51. The van der Waals surface area contributed by atoms with E-state index in [0.29, 0.717) is 0 Å². The van der Waals surface area contributed by atoms with Crippen LogP contribution in [0.4, 0.5) is 15.8 Å². The number of halogens is 1. The highest BCUT2D eigenvalue weighted by molar-refractivity contribution is 5.91. The molecule has 1 aromatic rings. The Morgan fingerprint density at radius 3 is 2.58 bits per heavy atom. The van der Waals surface area contributed by atoms with Gasteiger partial charge in [-0.3, -0.25) is 19.7 Å². The zero-order valence-corrected chi connectivity index (χ0v) is 9.76. The Balaban J connectivity index is 2.58. The number of nitro benzene ring substituents is 1. The molecule has 1 amide bonds. The van der Waals surface area contributed by atoms with Crippen LogP contribution in [0.25, 0.3) is 0 Å². The van der Waals surface area contributed by atoms with E-state index in [1.807, 2.05) is 0 Å². The Bertz CT molecular complexity index is 518. The minimum Gasteiger partial charge on any atom is -0.481 e. The highest BCUT2D eigenvalue weighted by Crippen LogP contribution is 2.20. The zero-order chi connectivity index (χ0) is 14.4. The average molecular weight is 270 g/mol. The molecule has 0 radical (unpaired) electrons. The number of aliphatic carboxylic acids is 1. The smallest absolute Gasteiger partial charge is 0.304 e. The molecule has 7 nitrogen and oxygen atoms in total. The molecule has 0 aliphatic rings. The van der Waals surface area contributed by atoms with Crippen LogP contribution in [0.1, 0.15) is 19.3 Å². The summed E-state index contributed by atoms with van der Waals surface area (Å²) in [7, 11) is 0. The molecule has 8 heteroatoms. The van der Waals surface area contributed by atoms with Crippen molar-refractivity contribution in [3.8, 4) is 0 Å². The molecule has 1 aromatic carbocycles. The molecule has 0 aliphatic carbocycles. The van der Waals surface area contributed by atoms with Crippen LogP contribution in [0.2, 0.25) is 0 Å². The van der Waals surface area contributed by atoms with E-state index in [9.17, 15) is 24.1 Å². The van der Waals surface area contributed by atoms with Crippen LogP contribution in [-0.2, 0) is 9.59 Å². The van der Waals surface area contributed by atoms with Gasteiger partial charge in [-0.05, 0) is 12.5 Å². The van der Waals surface area contributed by atoms with Crippen LogP contribution in [-0.4, -0.2) is 21.9 Å². The number of carboxylic acid groups (broad SMARTS) is 1. The highest BCUT2D eigenvalue weighted by Gasteiger charge is 2.14. The lowest BCUT2D eigenvalue weighted by molar-refractivity contribution is -0.387. The minimum atomic E-state index is -1.05. The lowest BCUT2D eigenvalue weighted by Crippen LogP contribution is -2.12. The first kappa shape index (κ1) is 14.6. The highest BCUT2D eigenvalue weighted by atomic mass is 19.1. The number of carbonyl (C=O) groups is 2. The van der Waals surface area contributed by atoms with E-state index in [4.69, 9.17) is 5.11 Å². The van der Waals surface area contributed by atoms with E-state index >= 15 is 0 Å². The molecule has 0 aromatic heterocycles. The molecule has 2 N–H and O–H groups in total. The number of nitrogens with one attached hydrogen (secondary N) is 1. The zero-order valence-electron chi connectivity index (χ0n) is 9.76. The lowest BCUT2D eigenvalue weighted by atomic mass is 10.2. The first-order valence-corrected chi connectivity index (χ1v) is 5.35. The molecule has 0 saturated carbocycles. The molecular weight excluding hydrogens is 259 g/mol. The fourth-order valence-corrected chi connectivity index (χ4v) is 1.36. The van der Waals surface area contributed by atoms with Crippen LogP contribution in [0.3, 0.4) is 0 Å². The summed E-state index contributed by atoms with van der Waals surface area (Å²) < 4.78 is 13.2. The number of rotatable bonds is 6. The van der Waals surface area contributed by atoms with Gasteiger partial charge in [-0.15, -0.1) is 0 Å². The fraction of sp³-hybridized carbons (Fsp3) is 0.273. The summed E-state index contributed by atoms with van der Waals surface area (Å²) in [5.74, 6) is -2.53. The number of amides is 1. The van der Waals surface area contributed by atoms with E-state index in [2.05, 4.69) is 5.32 Å². The summed E-state index contributed by atoms with van der Waals surface area (Å²) in [6, 6.07) is 2.99. The number of hydrogen-bond acceptors (Lipinski definition) is 4.